The van der Waals surface area contributed by atoms with Crippen LogP contribution in [0.4, 0.5) is 0 Å². The van der Waals surface area contributed by atoms with Crippen molar-refractivity contribution < 1.29 is 14.2 Å². The molecule has 0 amide bonds. The lowest BCUT2D eigenvalue weighted by Crippen LogP contribution is -2.27. The molecule has 1 unspecified atom stereocenters. The zero-order valence-corrected chi connectivity index (χ0v) is 11.8. The topological polar surface area (TPSA) is 53.7 Å². The van der Waals surface area contributed by atoms with Crippen LogP contribution >= 0.6 is 0 Å². The van der Waals surface area contributed by atoms with Crippen LogP contribution in [0.25, 0.3) is 10.8 Å². The van der Waals surface area contributed by atoms with Gasteiger partial charge in [-0.2, -0.15) is 0 Å². The first kappa shape index (κ1) is 13.1. The molecule has 0 saturated carbocycles. The minimum atomic E-state index is 0.376. The number of methoxy groups -OCH3 is 2. The maximum atomic E-state index is 5.81. The van der Waals surface area contributed by atoms with E-state index in [1.54, 1.807) is 14.2 Å². The summed E-state index contributed by atoms with van der Waals surface area (Å²) in [5.74, 6) is 2.81. The Morgan fingerprint density at radius 3 is 2.65 bits per heavy atom. The molecule has 0 aliphatic carbocycles. The van der Waals surface area contributed by atoms with E-state index < -0.39 is 0 Å². The summed E-state index contributed by atoms with van der Waals surface area (Å²) in [6.07, 6.45) is 0.943. The van der Waals surface area contributed by atoms with Gasteiger partial charge in [0.1, 0.15) is 5.75 Å². The van der Waals surface area contributed by atoms with Crippen molar-refractivity contribution in [3.63, 3.8) is 0 Å². The van der Waals surface area contributed by atoms with E-state index in [-0.39, 0.29) is 0 Å². The minimum Gasteiger partial charge on any atom is -0.493 e. The van der Waals surface area contributed by atoms with Crippen molar-refractivity contribution in [1.29, 1.82) is 0 Å². The molecule has 0 spiro atoms. The standard InChI is InChI=1S/C16H19NO3/c1-18-15-6-11-3-4-14-13(5-10(8-17)9-20-14)12(11)7-16(15)19-2/h3-4,6-7,10H,5,8-9,17H2,1-2H3. The molecule has 106 valence electrons. The highest BCUT2D eigenvalue weighted by Gasteiger charge is 2.21. The maximum absolute atomic E-state index is 5.81. The van der Waals surface area contributed by atoms with E-state index >= 15 is 0 Å². The smallest absolute Gasteiger partial charge is 0.161 e. The van der Waals surface area contributed by atoms with E-state index in [0.717, 1.165) is 34.4 Å². The second-order valence-corrected chi connectivity index (χ2v) is 5.09. The first-order valence-electron chi connectivity index (χ1n) is 6.77. The number of ether oxygens (including phenoxy) is 3. The summed E-state index contributed by atoms with van der Waals surface area (Å²) in [7, 11) is 3.30. The minimum absolute atomic E-state index is 0.376. The molecular formula is C16H19NO3. The highest BCUT2D eigenvalue weighted by molar-refractivity contribution is 5.91. The van der Waals surface area contributed by atoms with Gasteiger partial charge in [0.2, 0.25) is 0 Å². The van der Waals surface area contributed by atoms with Crippen LogP contribution in [0.3, 0.4) is 0 Å². The molecule has 20 heavy (non-hydrogen) atoms. The van der Waals surface area contributed by atoms with E-state index in [2.05, 4.69) is 6.07 Å². The molecule has 1 atom stereocenters. The van der Waals surface area contributed by atoms with E-state index in [4.69, 9.17) is 19.9 Å². The molecule has 1 heterocycles. The second kappa shape index (κ2) is 5.21. The number of benzene rings is 2. The van der Waals surface area contributed by atoms with Crippen molar-refractivity contribution in [3.05, 3.63) is 29.8 Å². The van der Waals surface area contributed by atoms with Gasteiger partial charge in [0, 0.05) is 11.5 Å². The van der Waals surface area contributed by atoms with Crippen LogP contribution in [0, 0.1) is 5.92 Å². The maximum Gasteiger partial charge on any atom is 0.161 e. The Hall–Kier alpha value is -1.94. The summed E-state index contributed by atoms with van der Waals surface area (Å²) in [6.45, 7) is 1.34. The van der Waals surface area contributed by atoms with Crippen LogP contribution in [0.15, 0.2) is 24.3 Å². The fraction of sp³-hybridized carbons (Fsp3) is 0.375. The fourth-order valence-electron chi connectivity index (χ4n) is 2.75. The predicted octanol–water partition coefficient (Wildman–Crippen LogP) is 2.37. The fourth-order valence-corrected chi connectivity index (χ4v) is 2.75. The van der Waals surface area contributed by atoms with E-state index in [9.17, 15) is 0 Å². The molecule has 0 aromatic heterocycles. The Labute approximate surface area is 118 Å². The molecule has 0 fully saturated rings. The average molecular weight is 273 g/mol. The molecule has 2 N–H and O–H groups in total. The largest absolute Gasteiger partial charge is 0.493 e. The zero-order valence-electron chi connectivity index (χ0n) is 11.8. The van der Waals surface area contributed by atoms with Crippen molar-refractivity contribution >= 4 is 10.8 Å². The number of nitrogens with two attached hydrogens (primary N) is 1. The zero-order chi connectivity index (χ0) is 14.1. The molecular weight excluding hydrogens is 254 g/mol. The van der Waals surface area contributed by atoms with Gasteiger partial charge in [0.15, 0.2) is 11.5 Å². The molecule has 2 aromatic carbocycles. The summed E-state index contributed by atoms with van der Waals surface area (Å²) in [6, 6.07) is 8.10. The summed E-state index contributed by atoms with van der Waals surface area (Å²) in [5, 5.41) is 2.28. The lowest BCUT2D eigenvalue weighted by atomic mass is 9.92. The molecule has 3 rings (SSSR count). The van der Waals surface area contributed by atoms with Crippen molar-refractivity contribution in [1.82, 2.24) is 0 Å². The summed E-state index contributed by atoms with van der Waals surface area (Å²) >= 11 is 0. The van der Waals surface area contributed by atoms with Crippen LogP contribution in [0.1, 0.15) is 5.56 Å². The summed E-state index contributed by atoms with van der Waals surface area (Å²) < 4.78 is 16.6. The number of hydrogen-bond acceptors (Lipinski definition) is 4. The highest BCUT2D eigenvalue weighted by atomic mass is 16.5. The first-order valence-corrected chi connectivity index (χ1v) is 6.77. The highest BCUT2D eigenvalue weighted by Crippen LogP contribution is 2.39. The third-order valence-corrected chi connectivity index (χ3v) is 3.89. The van der Waals surface area contributed by atoms with Crippen molar-refractivity contribution in [2.45, 2.75) is 6.42 Å². The Morgan fingerprint density at radius 2 is 1.95 bits per heavy atom. The monoisotopic (exact) mass is 273 g/mol. The van der Waals surface area contributed by atoms with Crippen molar-refractivity contribution in [2.75, 3.05) is 27.4 Å². The van der Waals surface area contributed by atoms with Gasteiger partial charge in [-0.25, -0.2) is 0 Å². The quantitative estimate of drug-likeness (QED) is 0.932. The number of rotatable bonds is 3. The van der Waals surface area contributed by atoms with Crippen LogP contribution in [-0.4, -0.2) is 27.4 Å². The van der Waals surface area contributed by atoms with Crippen LogP contribution in [-0.2, 0) is 6.42 Å². The first-order chi connectivity index (χ1) is 9.76. The Kier molecular flexibility index (Phi) is 3.40. The lowest BCUT2D eigenvalue weighted by molar-refractivity contribution is 0.227. The van der Waals surface area contributed by atoms with Crippen molar-refractivity contribution in [3.8, 4) is 17.2 Å². The lowest BCUT2D eigenvalue weighted by Gasteiger charge is -2.25. The number of fused-ring (bicyclic) bond motifs is 3. The second-order valence-electron chi connectivity index (χ2n) is 5.09. The Bertz CT molecular complexity index is 639. The molecule has 2 aromatic rings. The average Bonchev–Trinajstić information content (AvgIpc) is 2.52. The van der Waals surface area contributed by atoms with Crippen LogP contribution < -0.4 is 19.9 Å². The van der Waals surface area contributed by atoms with Crippen molar-refractivity contribution in [2.24, 2.45) is 11.7 Å². The third kappa shape index (κ3) is 2.06. The molecule has 1 aliphatic heterocycles. The SMILES string of the molecule is COc1cc2ccc3c(c2cc1OC)CC(CN)CO3. The number of hydrogen-bond donors (Lipinski definition) is 1. The van der Waals surface area contributed by atoms with E-state index in [1.807, 2.05) is 18.2 Å². The van der Waals surface area contributed by atoms with E-state index in [0.29, 0.717) is 19.1 Å². The molecule has 0 radical (unpaired) electrons. The molecule has 4 nitrogen and oxygen atoms in total. The van der Waals surface area contributed by atoms with E-state index in [1.165, 1.54) is 5.56 Å². The van der Waals surface area contributed by atoms with Gasteiger partial charge >= 0.3 is 0 Å². The Morgan fingerprint density at radius 1 is 1.20 bits per heavy atom. The molecule has 4 heteroatoms. The summed E-state index contributed by atoms with van der Waals surface area (Å²) in [4.78, 5) is 0. The van der Waals surface area contributed by atoms with Gasteiger partial charge in [0.05, 0.1) is 20.8 Å². The molecule has 0 saturated heterocycles. The summed E-state index contributed by atoms with van der Waals surface area (Å²) in [5.41, 5.74) is 6.99. The molecule has 1 aliphatic rings. The third-order valence-electron chi connectivity index (χ3n) is 3.89. The molecule has 0 bridgehead atoms. The van der Waals surface area contributed by atoms with Crippen LogP contribution in [0.5, 0.6) is 17.2 Å². The van der Waals surface area contributed by atoms with Gasteiger partial charge < -0.3 is 19.9 Å². The van der Waals surface area contributed by atoms with Crippen LogP contribution in [0.2, 0.25) is 0 Å². The van der Waals surface area contributed by atoms with Gasteiger partial charge in [-0.05, 0) is 41.9 Å². The van der Waals surface area contributed by atoms with Gasteiger partial charge in [-0.3, -0.25) is 0 Å². The van der Waals surface area contributed by atoms with Gasteiger partial charge in [-0.1, -0.05) is 6.07 Å². The van der Waals surface area contributed by atoms with Gasteiger partial charge in [0.25, 0.3) is 0 Å². The normalized spacial score (nSPS) is 17.4. The van der Waals surface area contributed by atoms with Gasteiger partial charge in [-0.15, -0.1) is 0 Å². The Balaban J connectivity index is 2.19. The predicted molar refractivity (Wildman–Crippen MR) is 78.8 cm³/mol.